The zero-order valence-corrected chi connectivity index (χ0v) is 12.9. The van der Waals surface area contributed by atoms with E-state index in [9.17, 15) is 43.9 Å². The molecule has 0 aliphatic rings. The number of benzene rings is 2. The standard InChI is InChI=1S/C15H7BF10/c1-3(2)16(4-6(17)10(21)14(25)11(22)7(4)18)5-8(19)12(23)15(26)13(24)9(5)20/h3H,1-2H3. The van der Waals surface area contributed by atoms with Crippen LogP contribution in [0.2, 0.25) is 5.82 Å². The lowest BCUT2D eigenvalue weighted by molar-refractivity contribution is 0.381. The second-order valence-electron chi connectivity index (χ2n) is 5.69. The van der Waals surface area contributed by atoms with Crippen molar-refractivity contribution in [3.05, 3.63) is 58.2 Å². The Kier molecular flexibility index (Phi) is 5.30. The van der Waals surface area contributed by atoms with Crippen LogP contribution in [0.3, 0.4) is 0 Å². The lowest BCUT2D eigenvalue weighted by atomic mass is 9.34. The highest BCUT2D eigenvalue weighted by Crippen LogP contribution is 2.23. The van der Waals surface area contributed by atoms with Gasteiger partial charge in [-0.2, -0.15) is 0 Å². The van der Waals surface area contributed by atoms with Gasteiger partial charge in [0, 0.05) is 10.9 Å². The highest BCUT2D eigenvalue weighted by Gasteiger charge is 2.40. The average molecular weight is 388 g/mol. The van der Waals surface area contributed by atoms with Crippen molar-refractivity contribution < 1.29 is 43.9 Å². The van der Waals surface area contributed by atoms with Crippen molar-refractivity contribution in [3.8, 4) is 0 Å². The molecule has 0 amide bonds. The Balaban J connectivity index is 2.96. The minimum absolute atomic E-state index is 1.04. The summed E-state index contributed by atoms with van der Waals surface area (Å²) in [7, 11) is 0. The van der Waals surface area contributed by atoms with E-state index in [0.29, 0.717) is 0 Å². The second kappa shape index (κ2) is 6.84. The van der Waals surface area contributed by atoms with Crippen LogP contribution >= 0.6 is 0 Å². The van der Waals surface area contributed by atoms with E-state index in [0.717, 1.165) is 13.8 Å². The predicted molar refractivity (Wildman–Crippen MR) is 72.6 cm³/mol. The van der Waals surface area contributed by atoms with Gasteiger partial charge in [-0.05, 0) is 0 Å². The highest BCUT2D eigenvalue weighted by molar-refractivity contribution is 6.86. The van der Waals surface area contributed by atoms with Crippen LogP contribution in [0.25, 0.3) is 0 Å². The fourth-order valence-corrected chi connectivity index (χ4v) is 2.60. The number of halogens is 10. The summed E-state index contributed by atoms with van der Waals surface area (Å²) in [5.41, 5.74) is -3.39. The van der Waals surface area contributed by atoms with Crippen molar-refractivity contribution in [1.82, 2.24) is 0 Å². The molecule has 26 heavy (non-hydrogen) atoms. The molecule has 0 atom stereocenters. The van der Waals surface area contributed by atoms with Gasteiger partial charge in [0.15, 0.2) is 58.2 Å². The van der Waals surface area contributed by atoms with Gasteiger partial charge in [-0.3, -0.25) is 0 Å². The molecule has 0 unspecified atom stereocenters. The van der Waals surface area contributed by atoms with Crippen molar-refractivity contribution >= 4 is 17.6 Å². The van der Waals surface area contributed by atoms with Gasteiger partial charge in [-0.15, -0.1) is 0 Å². The summed E-state index contributed by atoms with van der Waals surface area (Å²) in [4.78, 5) is 0. The lowest BCUT2D eigenvalue weighted by Crippen LogP contribution is -2.52. The minimum atomic E-state index is -2.52. The minimum Gasteiger partial charge on any atom is -0.204 e. The fourth-order valence-electron chi connectivity index (χ4n) is 2.60. The van der Waals surface area contributed by atoms with E-state index in [4.69, 9.17) is 0 Å². The Hall–Kier alpha value is -2.20. The molecule has 0 N–H and O–H groups in total. The summed E-state index contributed by atoms with van der Waals surface area (Å²) in [6, 6.07) is 0. The van der Waals surface area contributed by atoms with E-state index in [1.807, 2.05) is 0 Å². The van der Waals surface area contributed by atoms with Crippen LogP contribution in [0.1, 0.15) is 13.8 Å². The van der Waals surface area contributed by atoms with Crippen molar-refractivity contribution in [2.45, 2.75) is 19.7 Å². The first-order valence-electron chi connectivity index (χ1n) is 6.96. The Morgan fingerprint density at radius 3 is 0.808 bits per heavy atom. The quantitative estimate of drug-likeness (QED) is 0.322. The molecule has 2 aromatic rings. The topological polar surface area (TPSA) is 0 Å². The molecule has 0 heterocycles. The number of hydrogen-bond donors (Lipinski definition) is 0. The molecule has 2 aromatic carbocycles. The van der Waals surface area contributed by atoms with Crippen LogP contribution in [-0.4, -0.2) is 6.71 Å². The first kappa shape index (κ1) is 20.1. The third kappa shape index (κ3) is 2.82. The molecule has 0 radical (unpaired) electrons. The van der Waals surface area contributed by atoms with Crippen molar-refractivity contribution in [1.29, 1.82) is 0 Å². The van der Waals surface area contributed by atoms with Gasteiger partial charge in [-0.1, -0.05) is 19.7 Å². The summed E-state index contributed by atoms with van der Waals surface area (Å²) in [6.07, 6.45) is 0. The van der Waals surface area contributed by atoms with E-state index in [-0.39, 0.29) is 0 Å². The normalized spacial score (nSPS) is 11.4. The summed E-state index contributed by atoms with van der Waals surface area (Å²) < 4.78 is 136. The SMILES string of the molecule is CC(C)B(c1c(F)c(F)c(F)c(F)c1F)c1c(F)c(F)c(F)c(F)c1F. The molecule has 11 heteroatoms. The summed E-state index contributed by atoms with van der Waals surface area (Å²) in [6.45, 7) is -0.258. The highest BCUT2D eigenvalue weighted by atomic mass is 19.2. The van der Waals surface area contributed by atoms with Crippen molar-refractivity contribution in [3.63, 3.8) is 0 Å². The van der Waals surface area contributed by atoms with Crippen LogP contribution in [-0.2, 0) is 0 Å². The van der Waals surface area contributed by atoms with Crippen LogP contribution < -0.4 is 10.9 Å². The van der Waals surface area contributed by atoms with E-state index < -0.39 is 81.6 Å². The Labute approximate surface area is 140 Å². The van der Waals surface area contributed by atoms with E-state index in [2.05, 4.69) is 0 Å². The zero-order valence-electron chi connectivity index (χ0n) is 12.9. The third-order valence-electron chi connectivity index (χ3n) is 3.78. The largest absolute Gasteiger partial charge is 0.227 e. The molecule has 0 saturated carbocycles. The molecule has 0 aliphatic carbocycles. The monoisotopic (exact) mass is 388 g/mol. The Morgan fingerprint density at radius 1 is 0.423 bits per heavy atom. The lowest BCUT2D eigenvalue weighted by Gasteiger charge is -2.22. The molecular formula is C15H7BF10. The maximum absolute atomic E-state index is 14.0. The van der Waals surface area contributed by atoms with Crippen LogP contribution in [0.5, 0.6) is 0 Å². The predicted octanol–water partition coefficient (Wildman–Crippen LogP) is 4.10. The Bertz CT molecular complexity index is 765. The van der Waals surface area contributed by atoms with Gasteiger partial charge in [0.1, 0.15) is 0 Å². The molecule has 0 saturated heterocycles. The van der Waals surface area contributed by atoms with Gasteiger partial charge in [0.2, 0.25) is 6.71 Å². The molecule has 2 rings (SSSR count). The zero-order chi connectivity index (χ0) is 20.1. The summed E-state index contributed by atoms with van der Waals surface area (Å²) >= 11 is 0. The molecule has 0 aliphatic heterocycles. The van der Waals surface area contributed by atoms with Crippen molar-refractivity contribution in [2.24, 2.45) is 0 Å². The van der Waals surface area contributed by atoms with Crippen molar-refractivity contribution in [2.75, 3.05) is 0 Å². The molecule has 0 aromatic heterocycles. The second-order valence-corrected chi connectivity index (χ2v) is 5.69. The van der Waals surface area contributed by atoms with E-state index in [1.165, 1.54) is 0 Å². The summed E-state index contributed by atoms with van der Waals surface area (Å²) in [5, 5.41) is 0. The molecule has 0 bridgehead atoms. The average Bonchev–Trinajstić information content (AvgIpc) is 2.60. The van der Waals surface area contributed by atoms with Crippen LogP contribution in [0, 0.1) is 58.2 Å². The molecule has 140 valence electrons. The van der Waals surface area contributed by atoms with Gasteiger partial charge in [-0.25, -0.2) is 43.9 Å². The first-order valence-corrected chi connectivity index (χ1v) is 6.96. The van der Waals surface area contributed by atoms with Gasteiger partial charge in [0.25, 0.3) is 0 Å². The number of hydrogen-bond acceptors (Lipinski definition) is 0. The maximum atomic E-state index is 14.0. The van der Waals surface area contributed by atoms with E-state index in [1.54, 1.807) is 0 Å². The van der Waals surface area contributed by atoms with Crippen LogP contribution in [0.4, 0.5) is 43.9 Å². The van der Waals surface area contributed by atoms with Gasteiger partial charge < -0.3 is 0 Å². The first-order chi connectivity index (χ1) is 11.9. The smallest absolute Gasteiger partial charge is 0.204 e. The summed E-state index contributed by atoms with van der Waals surface area (Å²) in [5.74, 6) is -25.7. The molecular weight excluding hydrogens is 381 g/mol. The van der Waals surface area contributed by atoms with Crippen LogP contribution in [0.15, 0.2) is 0 Å². The third-order valence-corrected chi connectivity index (χ3v) is 3.78. The molecule has 0 fully saturated rings. The molecule has 0 spiro atoms. The molecule has 0 nitrogen and oxygen atoms in total. The van der Waals surface area contributed by atoms with Gasteiger partial charge >= 0.3 is 0 Å². The maximum Gasteiger partial charge on any atom is 0.227 e. The van der Waals surface area contributed by atoms with Gasteiger partial charge in [0.05, 0.1) is 0 Å². The van der Waals surface area contributed by atoms with E-state index >= 15 is 0 Å². The Morgan fingerprint density at radius 2 is 0.615 bits per heavy atom. The number of rotatable bonds is 3. The fraction of sp³-hybridized carbons (Fsp3) is 0.200.